The Morgan fingerprint density at radius 3 is 2.42 bits per heavy atom. The number of likely N-dealkylation sites (tertiary alicyclic amines) is 1. The summed E-state index contributed by atoms with van der Waals surface area (Å²) in [6, 6.07) is 9.10. The molecule has 1 aromatic carbocycles. The first kappa shape index (κ1) is 20.7. The van der Waals surface area contributed by atoms with E-state index >= 15 is 0 Å². The summed E-state index contributed by atoms with van der Waals surface area (Å²) in [5, 5.41) is 7.01. The lowest BCUT2D eigenvalue weighted by atomic mass is 10.1. The van der Waals surface area contributed by atoms with E-state index in [4.69, 9.17) is 4.74 Å². The molecule has 0 amide bonds. The fourth-order valence-electron chi connectivity index (χ4n) is 3.21. The molecule has 1 aliphatic heterocycles. The number of hydrogen-bond donors (Lipinski definition) is 2. The van der Waals surface area contributed by atoms with Crippen molar-refractivity contribution in [3.63, 3.8) is 0 Å². The van der Waals surface area contributed by atoms with Crippen LogP contribution in [0.3, 0.4) is 0 Å². The first-order chi connectivity index (χ1) is 12.6. The fourth-order valence-corrected chi connectivity index (χ4v) is 3.21. The summed E-state index contributed by atoms with van der Waals surface area (Å²) < 4.78 is 5.64. The smallest absolute Gasteiger partial charge is 0.191 e. The molecule has 1 heterocycles. The van der Waals surface area contributed by atoms with E-state index in [0.29, 0.717) is 12.6 Å². The van der Waals surface area contributed by atoms with E-state index in [-0.39, 0.29) is 6.10 Å². The molecule has 2 rings (SSSR count). The van der Waals surface area contributed by atoms with Gasteiger partial charge in [-0.2, -0.15) is 0 Å². The van der Waals surface area contributed by atoms with Crippen LogP contribution in [0.2, 0.25) is 0 Å². The normalized spacial score (nSPS) is 16.9. The molecular formula is C21H36N4O. The monoisotopic (exact) mass is 360 g/mol. The zero-order chi connectivity index (χ0) is 18.8. The van der Waals surface area contributed by atoms with Crippen LogP contribution in [-0.4, -0.2) is 49.7 Å². The van der Waals surface area contributed by atoms with Crippen molar-refractivity contribution in [3.8, 4) is 0 Å². The Morgan fingerprint density at radius 1 is 1.19 bits per heavy atom. The molecule has 26 heavy (non-hydrogen) atoms. The molecule has 0 unspecified atom stereocenters. The second kappa shape index (κ2) is 11.2. The van der Waals surface area contributed by atoms with Crippen LogP contribution in [0.5, 0.6) is 0 Å². The Kier molecular flexibility index (Phi) is 8.92. The van der Waals surface area contributed by atoms with Crippen molar-refractivity contribution in [3.05, 3.63) is 35.4 Å². The third-order valence-electron chi connectivity index (χ3n) is 4.76. The van der Waals surface area contributed by atoms with E-state index in [0.717, 1.165) is 12.5 Å². The Morgan fingerprint density at radius 2 is 1.85 bits per heavy atom. The number of rotatable bonds is 8. The molecule has 1 saturated heterocycles. The van der Waals surface area contributed by atoms with Gasteiger partial charge in [-0.25, -0.2) is 0 Å². The highest BCUT2D eigenvalue weighted by molar-refractivity contribution is 5.79. The highest BCUT2D eigenvalue weighted by Gasteiger charge is 2.19. The molecule has 0 atom stereocenters. The minimum Gasteiger partial charge on any atom is -0.374 e. The summed E-state index contributed by atoms with van der Waals surface area (Å²) in [4.78, 5) is 6.93. The van der Waals surface area contributed by atoms with Gasteiger partial charge in [0, 0.05) is 32.7 Å². The first-order valence-electron chi connectivity index (χ1n) is 9.99. The van der Waals surface area contributed by atoms with Gasteiger partial charge in [0.15, 0.2) is 5.96 Å². The number of guanidine groups is 1. The van der Waals surface area contributed by atoms with Crippen LogP contribution in [0.15, 0.2) is 29.3 Å². The molecule has 0 aliphatic carbocycles. The number of hydrogen-bond acceptors (Lipinski definition) is 3. The maximum Gasteiger partial charge on any atom is 0.191 e. The van der Waals surface area contributed by atoms with Crippen LogP contribution in [0, 0.1) is 0 Å². The van der Waals surface area contributed by atoms with E-state index < -0.39 is 0 Å². The van der Waals surface area contributed by atoms with E-state index in [9.17, 15) is 0 Å². The average Bonchev–Trinajstić information content (AvgIpc) is 2.66. The molecule has 1 fully saturated rings. The Balaban J connectivity index is 1.73. The molecule has 0 aromatic heterocycles. The zero-order valence-corrected chi connectivity index (χ0v) is 16.9. The van der Waals surface area contributed by atoms with Crippen LogP contribution in [0.25, 0.3) is 0 Å². The van der Waals surface area contributed by atoms with Gasteiger partial charge >= 0.3 is 0 Å². The van der Waals surface area contributed by atoms with Crippen molar-refractivity contribution in [2.24, 2.45) is 4.99 Å². The number of nitrogens with zero attached hydrogens (tertiary/aromatic N) is 2. The number of ether oxygens (including phenoxy) is 1. The van der Waals surface area contributed by atoms with E-state index in [1.165, 1.54) is 50.0 Å². The maximum absolute atomic E-state index is 5.64. The van der Waals surface area contributed by atoms with E-state index in [1.807, 2.05) is 7.05 Å². The molecule has 146 valence electrons. The van der Waals surface area contributed by atoms with Crippen LogP contribution in [0.1, 0.15) is 51.2 Å². The molecule has 0 spiro atoms. The van der Waals surface area contributed by atoms with E-state index in [1.54, 1.807) is 0 Å². The second-order valence-corrected chi connectivity index (χ2v) is 7.36. The third-order valence-corrected chi connectivity index (χ3v) is 4.76. The quantitative estimate of drug-likeness (QED) is 0.552. The summed E-state index contributed by atoms with van der Waals surface area (Å²) in [6.45, 7) is 11.4. The largest absolute Gasteiger partial charge is 0.374 e. The maximum atomic E-state index is 5.64. The lowest BCUT2D eigenvalue weighted by molar-refractivity contribution is 0.0657. The predicted octanol–water partition coefficient (Wildman–Crippen LogP) is 3.15. The van der Waals surface area contributed by atoms with Crippen molar-refractivity contribution >= 4 is 5.96 Å². The standard InChI is InChI=1S/C21H36N4O/c1-5-12-25-13-10-20(11-14-25)24-21(22-4)23-15-18-6-8-19(9-7-18)16-26-17(2)3/h6-9,17,20H,5,10-16H2,1-4H3,(H2,22,23,24). The molecule has 0 radical (unpaired) electrons. The van der Waals surface area contributed by atoms with Crippen LogP contribution >= 0.6 is 0 Å². The summed E-state index contributed by atoms with van der Waals surface area (Å²) in [5.41, 5.74) is 2.46. The fraction of sp³-hybridized carbons (Fsp3) is 0.667. The van der Waals surface area contributed by atoms with Gasteiger partial charge in [0.25, 0.3) is 0 Å². The van der Waals surface area contributed by atoms with Crippen molar-refractivity contribution in [2.45, 2.75) is 65.3 Å². The Labute approximate surface area is 159 Å². The molecule has 5 heteroatoms. The molecule has 1 aromatic rings. The number of benzene rings is 1. The molecule has 5 nitrogen and oxygen atoms in total. The predicted molar refractivity (Wildman–Crippen MR) is 109 cm³/mol. The molecule has 0 bridgehead atoms. The Bertz CT molecular complexity index is 533. The summed E-state index contributed by atoms with van der Waals surface area (Å²) in [5.74, 6) is 0.895. The van der Waals surface area contributed by atoms with E-state index in [2.05, 4.69) is 65.6 Å². The number of nitrogens with one attached hydrogen (secondary N) is 2. The number of piperidine rings is 1. The van der Waals surface area contributed by atoms with Gasteiger partial charge in [0.2, 0.25) is 0 Å². The van der Waals surface area contributed by atoms with Gasteiger partial charge in [-0.15, -0.1) is 0 Å². The summed E-state index contributed by atoms with van der Waals surface area (Å²) in [7, 11) is 1.84. The van der Waals surface area contributed by atoms with Crippen LogP contribution < -0.4 is 10.6 Å². The zero-order valence-electron chi connectivity index (χ0n) is 16.9. The second-order valence-electron chi connectivity index (χ2n) is 7.36. The van der Waals surface area contributed by atoms with Gasteiger partial charge in [-0.05, 0) is 50.8 Å². The minimum atomic E-state index is 0.264. The van der Waals surface area contributed by atoms with Crippen molar-refractivity contribution < 1.29 is 4.74 Å². The minimum absolute atomic E-state index is 0.264. The Hall–Kier alpha value is -1.59. The third kappa shape index (κ3) is 7.34. The first-order valence-corrected chi connectivity index (χ1v) is 9.99. The highest BCUT2D eigenvalue weighted by Crippen LogP contribution is 2.11. The average molecular weight is 361 g/mol. The van der Waals surface area contributed by atoms with Crippen molar-refractivity contribution in [1.82, 2.24) is 15.5 Å². The lowest BCUT2D eigenvalue weighted by Crippen LogP contribution is -2.48. The summed E-state index contributed by atoms with van der Waals surface area (Å²) in [6.07, 6.45) is 3.87. The molecule has 2 N–H and O–H groups in total. The van der Waals surface area contributed by atoms with Crippen molar-refractivity contribution in [2.75, 3.05) is 26.7 Å². The van der Waals surface area contributed by atoms with Crippen molar-refractivity contribution in [1.29, 1.82) is 0 Å². The van der Waals surface area contributed by atoms with Gasteiger partial charge in [-0.1, -0.05) is 31.2 Å². The van der Waals surface area contributed by atoms with Gasteiger partial charge in [-0.3, -0.25) is 4.99 Å². The van der Waals surface area contributed by atoms with Crippen LogP contribution in [0.4, 0.5) is 0 Å². The van der Waals surface area contributed by atoms with Gasteiger partial charge < -0.3 is 20.3 Å². The summed E-state index contributed by atoms with van der Waals surface area (Å²) >= 11 is 0. The SMILES string of the molecule is CCCN1CCC(NC(=NC)NCc2ccc(COC(C)C)cc2)CC1. The number of aliphatic imine (C=N–C) groups is 1. The molecular weight excluding hydrogens is 324 g/mol. The van der Waals surface area contributed by atoms with Gasteiger partial charge in [0.1, 0.15) is 0 Å². The highest BCUT2D eigenvalue weighted by atomic mass is 16.5. The lowest BCUT2D eigenvalue weighted by Gasteiger charge is -2.32. The molecule has 1 aliphatic rings. The topological polar surface area (TPSA) is 48.9 Å². The van der Waals surface area contributed by atoms with Gasteiger partial charge in [0.05, 0.1) is 12.7 Å². The molecule has 0 saturated carbocycles. The van der Waals surface area contributed by atoms with Crippen LogP contribution in [-0.2, 0) is 17.9 Å².